The standard InChI is InChI=1S/C22H23BrN4/c1-21-13-22(21,2)20-26(15-8-6-5-7-9-15)18(24-3)19(25-4)27(20)17-12-14(23)10-11-16(17)21/h5-12,20H,13H2,1-4H3. The third-order valence-corrected chi connectivity index (χ3v) is 7.34. The Hall–Kier alpha value is -2.14. The smallest absolute Gasteiger partial charge is 0.173 e. The lowest BCUT2D eigenvalue weighted by Crippen LogP contribution is -2.51. The zero-order valence-corrected chi connectivity index (χ0v) is 17.7. The van der Waals surface area contributed by atoms with Gasteiger partial charge in [-0.2, -0.15) is 0 Å². The fourth-order valence-electron chi connectivity index (χ4n) is 5.29. The fourth-order valence-corrected chi connectivity index (χ4v) is 5.63. The van der Waals surface area contributed by atoms with Crippen molar-refractivity contribution in [2.45, 2.75) is 31.8 Å². The van der Waals surface area contributed by atoms with Crippen LogP contribution in [0.25, 0.3) is 0 Å². The number of amidine groups is 2. The minimum absolute atomic E-state index is 0.131. The largest absolute Gasteiger partial charge is 0.302 e. The van der Waals surface area contributed by atoms with Gasteiger partial charge in [0.1, 0.15) is 6.17 Å². The molecule has 2 fully saturated rings. The molecule has 2 aliphatic heterocycles. The summed E-state index contributed by atoms with van der Waals surface area (Å²) >= 11 is 3.68. The Bertz CT molecular complexity index is 999. The summed E-state index contributed by atoms with van der Waals surface area (Å²) in [5.74, 6) is 1.89. The predicted octanol–water partition coefficient (Wildman–Crippen LogP) is 4.84. The second-order valence-electron chi connectivity index (χ2n) is 8.13. The van der Waals surface area contributed by atoms with Crippen LogP contribution in [-0.4, -0.2) is 31.9 Å². The van der Waals surface area contributed by atoms with E-state index < -0.39 is 0 Å². The number of aliphatic imine (C=N–C) groups is 2. The van der Waals surface area contributed by atoms with Gasteiger partial charge < -0.3 is 9.80 Å². The Balaban J connectivity index is 1.81. The number of benzene rings is 2. The molecular weight excluding hydrogens is 400 g/mol. The van der Waals surface area contributed by atoms with Crippen molar-refractivity contribution in [2.24, 2.45) is 15.4 Å². The fraction of sp³-hybridized carbons (Fsp3) is 0.364. The first-order valence-electron chi connectivity index (χ1n) is 9.34. The van der Waals surface area contributed by atoms with Crippen molar-refractivity contribution in [3.05, 3.63) is 58.6 Å². The number of anilines is 2. The van der Waals surface area contributed by atoms with Crippen LogP contribution in [-0.2, 0) is 5.41 Å². The summed E-state index contributed by atoms with van der Waals surface area (Å²) in [7, 11) is 3.73. The van der Waals surface area contributed by atoms with Crippen molar-refractivity contribution in [1.82, 2.24) is 0 Å². The summed E-state index contributed by atoms with van der Waals surface area (Å²) in [6.07, 6.45) is 1.33. The molecule has 1 saturated carbocycles. The number of halogens is 1. The average molecular weight is 423 g/mol. The molecule has 0 amide bonds. The van der Waals surface area contributed by atoms with E-state index in [1.165, 1.54) is 16.9 Å². The van der Waals surface area contributed by atoms with Gasteiger partial charge in [-0.15, -0.1) is 0 Å². The van der Waals surface area contributed by atoms with E-state index in [9.17, 15) is 0 Å². The third kappa shape index (κ3) is 1.98. The lowest BCUT2D eigenvalue weighted by Gasteiger charge is -2.43. The average Bonchev–Trinajstić information content (AvgIpc) is 3.10. The molecule has 2 aromatic rings. The molecule has 2 heterocycles. The summed E-state index contributed by atoms with van der Waals surface area (Å²) < 4.78 is 1.09. The summed E-state index contributed by atoms with van der Waals surface area (Å²) in [4.78, 5) is 14.2. The zero-order chi connectivity index (χ0) is 19.0. The maximum Gasteiger partial charge on any atom is 0.173 e. The van der Waals surface area contributed by atoms with Gasteiger partial charge in [0.25, 0.3) is 0 Å². The number of fused-ring (bicyclic) bond motifs is 6. The van der Waals surface area contributed by atoms with Crippen molar-refractivity contribution in [3.8, 4) is 0 Å². The lowest BCUT2D eigenvalue weighted by atomic mass is 9.81. The summed E-state index contributed by atoms with van der Waals surface area (Å²) in [5, 5.41) is 0. The van der Waals surface area contributed by atoms with E-state index in [1.54, 1.807) is 0 Å². The molecule has 5 heteroatoms. The van der Waals surface area contributed by atoms with Crippen molar-refractivity contribution >= 4 is 39.0 Å². The number of rotatable bonds is 1. The van der Waals surface area contributed by atoms with E-state index >= 15 is 0 Å². The molecule has 27 heavy (non-hydrogen) atoms. The van der Waals surface area contributed by atoms with Crippen LogP contribution >= 0.6 is 15.9 Å². The quantitative estimate of drug-likeness (QED) is 0.658. The molecule has 4 nitrogen and oxygen atoms in total. The highest BCUT2D eigenvalue weighted by Gasteiger charge is 2.73. The van der Waals surface area contributed by atoms with Crippen LogP contribution in [0.1, 0.15) is 25.8 Å². The van der Waals surface area contributed by atoms with E-state index in [4.69, 9.17) is 4.99 Å². The molecule has 2 aromatic carbocycles. The Labute approximate surface area is 168 Å². The highest BCUT2D eigenvalue weighted by Crippen LogP contribution is 2.72. The first kappa shape index (κ1) is 17.0. The van der Waals surface area contributed by atoms with Gasteiger partial charge in [-0.3, -0.25) is 9.98 Å². The van der Waals surface area contributed by atoms with E-state index in [1.807, 2.05) is 14.1 Å². The number of nitrogens with zero attached hydrogens (tertiary/aromatic N) is 4. The van der Waals surface area contributed by atoms with Crippen LogP contribution in [0.15, 0.2) is 63.0 Å². The Morgan fingerprint density at radius 1 is 0.963 bits per heavy atom. The molecule has 3 unspecified atom stereocenters. The SMILES string of the molecule is CN=C1C(=NC)N2c3cc(Br)ccc3C3(C)CC3(C)C2N1c1ccccc1. The molecule has 0 aromatic heterocycles. The topological polar surface area (TPSA) is 31.2 Å². The highest BCUT2D eigenvalue weighted by molar-refractivity contribution is 9.10. The monoisotopic (exact) mass is 422 g/mol. The number of para-hydroxylation sites is 1. The van der Waals surface area contributed by atoms with Gasteiger partial charge in [-0.1, -0.05) is 54.0 Å². The molecule has 0 spiro atoms. The van der Waals surface area contributed by atoms with E-state index in [0.717, 1.165) is 22.6 Å². The second-order valence-corrected chi connectivity index (χ2v) is 9.05. The first-order chi connectivity index (χ1) is 13.0. The molecule has 5 rings (SSSR count). The molecule has 138 valence electrons. The minimum Gasteiger partial charge on any atom is -0.302 e. The van der Waals surface area contributed by atoms with Gasteiger partial charge in [0.15, 0.2) is 11.7 Å². The third-order valence-electron chi connectivity index (χ3n) is 6.84. The Kier molecular flexibility index (Phi) is 3.43. The van der Waals surface area contributed by atoms with Crippen molar-refractivity contribution in [2.75, 3.05) is 23.9 Å². The second kappa shape index (κ2) is 5.44. The highest BCUT2D eigenvalue weighted by atomic mass is 79.9. The van der Waals surface area contributed by atoms with Crippen LogP contribution in [0.5, 0.6) is 0 Å². The summed E-state index contributed by atoms with van der Waals surface area (Å²) in [6.45, 7) is 4.82. The van der Waals surface area contributed by atoms with E-state index in [2.05, 4.69) is 93.1 Å². The van der Waals surface area contributed by atoms with Gasteiger partial charge in [0.05, 0.1) is 0 Å². The van der Waals surface area contributed by atoms with Gasteiger partial charge in [0, 0.05) is 40.8 Å². The van der Waals surface area contributed by atoms with Crippen LogP contribution in [0, 0.1) is 5.41 Å². The summed E-state index contributed by atoms with van der Waals surface area (Å²) in [5.41, 5.74) is 4.12. The number of hydrogen-bond donors (Lipinski definition) is 0. The molecule has 3 atom stereocenters. The van der Waals surface area contributed by atoms with Crippen LogP contribution < -0.4 is 9.80 Å². The van der Waals surface area contributed by atoms with Crippen LogP contribution in [0.4, 0.5) is 11.4 Å². The van der Waals surface area contributed by atoms with E-state index in [0.29, 0.717) is 0 Å². The maximum absolute atomic E-state index is 4.69. The molecule has 1 saturated heterocycles. The van der Waals surface area contributed by atoms with Gasteiger partial charge in [-0.25, -0.2) is 0 Å². The normalized spacial score (nSPS) is 33.9. The van der Waals surface area contributed by atoms with Crippen molar-refractivity contribution in [3.63, 3.8) is 0 Å². The minimum atomic E-state index is 0.131. The zero-order valence-electron chi connectivity index (χ0n) is 16.1. The molecule has 0 N–H and O–H groups in total. The molecule has 1 aliphatic carbocycles. The maximum atomic E-state index is 4.69. The first-order valence-corrected chi connectivity index (χ1v) is 10.1. The number of hydrogen-bond acceptors (Lipinski definition) is 2. The Morgan fingerprint density at radius 3 is 2.30 bits per heavy atom. The molecule has 0 bridgehead atoms. The van der Waals surface area contributed by atoms with E-state index in [-0.39, 0.29) is 17.0 Å². The van der Waals surface area contributed by atoms with Gasteiger partial charge in [-0.05, 0) is 36.2 Å². The molecule has 0 radical (unpaired) electrons. The molecular formula is C22H23BrN4. The van der Waals surface area contributed by atoms with Gasteiger partial charge >= 0.3 is 0 Å². The Morgan fingerprint density at radius 2 is 1.63 bits per heavy atom. The predicted molar refractivity (Wildman–Crippen MR) is 116 cm³/mol. The van der Waals surface area contributed by atoms with Crippen LogP contribution in [0.3, 0.4) is 0 Å². The summed E-state index contributed by atoms with van der Waals surface area (Å²) in [6, 6.07) is 17.3. The van der Waals surface area contributed by atoms with Crippen molar-refractivity contribution < 1.29 is 0 Å². The van der Waals surface area contributed by atoms with Crippen molar-refractivity contribution in [1.29, 1.82) is 0 Å². The van der Waals surface area contributed by atoms with Gasteiger partial charge in [0.2, 0.25) is 0 Å². The van der Waals surface area contributed by atoms with Crippen LogP contribution in [0.2, 0.25) is 0 Å². The lowest BCUT2D eigenvalue weighted by molar-refractivity contribution is 0.378. The molecule has 3 aliphatic rings.